The number of fused-ring (bicyclic) bond motifs is 1. The van der Waals surface area contributed by atoms with Gasteiger partial charge in [-0.05, 0) is 25.3 Å². The van der Waals surface area contributed by atoms with Crippen LogP contribution in [0.1, 0.15) is 24.8 Å². The molecule has 7 nitrogen and oxygen atoms in total. The van der Waals surface area contributed by atoms with Crippen LogP contribution in [0.4, 0.5) is 4.39 Å². The average molecular weight is 390 g/mol. The fourth-order valence-corrected chi connectivity index (χ4v) is 3.79. The standard InChI is InChI=1S/C20H27FN4O3/c1-27-9-2-8-24-12-14(18-16(21)5-6-23-19(18)24)13-25(15-3-4-15)20(26)17-11-22-7-10-28-17/h5-6,12,15,17,22H,2-4,7-11,13H2,1H3/t17-/m1/s1. The number of hydrogen-bond acceptors (Lipinski definition) is 5. The number of aromatic nitrogens is 2. The zero-order chi connectivity index (χ0) is 19.5. The molecule has 1 saturated carbocycles. The van der Waals surface area contributed by atoms with Crippen molar-refractivity contribution in [2.24, 2.45) is 0 Å². The fraction of sp³-hybridized carbons (Fsp3) is 0.600. The molecule has 0 spiro atoms. The zero-order valence-corrected chi connectivity index (χ0v) is 16.2. The summed E-state index contributed by atoms with van der Waals surface area (Å²) in [4.78, 5) is 19.3. The molecule has 0 aromatic carbocycles. The van der Waals surface area contributed by atoms with Crippen LogP contribution in [-0.2, 0) is 27.4 Å². The second-order valence-corrected chi connectivity index (χ2v) is 7.45. The van der Waals surface area contributed by atoms with E-state index in [1.807, 2.05) is 15.7 Å². The van der Waals surface area contributed by atoms with Crippen LogP contribution in [0.3, 0.4) is 0 Å². The van der Waals surface area contributed by atoms with Crippen molar-refractivity contribution in [2.75, 3.05) is 33.4 Å². The van der Waals surface area contributed by atoms with Crippen LogP contribution >= 0.6 is 0 Å². The van der Waals surface area contributed by atoms with Gasteiger partial charge in [0, 0.05) is 63.9 Å². The number of pyridine rings is 1. The summed E-state index contributed by atoms with van der Waals surface area (Å²) in [6.45, 7) is 3.51. The minimum absolute atomic E-state index is 0.0146. The lowest BCUT2D eigenvalue weighted by Gasteiger charge is -2.30. The van der Waals surface area contributed by atoms with Crippen LogP contribution in [0.5, 0.6) is 0 Å². The molecule has 1 N–H and O–H groups in total. The van der Waals surface area contributed by atoms with Gasteiger partial charge in [-0.3, -0.25) is 4.79 Å². The lowest BCUT2D eigenvalue weighted by atomic mass is 10.1. The molecule has 1 saturated heterocycles. The van der Waals surface area contributed by atoms with E-state index in [2.05, 4.69) is 10.3 Å². The number of morpholine rings is 1. The second-order valence-electron chi connectivity index (χ2n) is 7.45. The molecule has 2 aliphatic rings. The summed E-state index contributed by atoms with van der Waals surface area (Å²) in [5.74, 6) is -0.316. The van der Waals surface area contributed by atoms with Crippen molar-refractivity contribution in [1.82, 2.24) is 19.8 Å². The van der Waals surface area contributed by atoms with Crippen molar-refractivity contribution in [2.45, 2.75) is 44.5 Å². The van der Waals surface area contributed by atoms with Gasteiger partial charge < -0.3 is 24.3 Å². The lowest BCUT2D eigenvalue weighted by Crippen LogP contribution is -2.49. The third kappa shape index (κ3) is 4.04. The van der Waals surface area contributed by atoms with Gasteiger partial charge in [-0.25, -0.2) is 9.37 Å². The highest BCUT2D eigenvalue weighted by molar-refractivity contribution is 5.84. The first-order valence-electron chi connectivity index (χ1n) is 9.93. The Morgan fingerprint density at radius 3 is 3.07 bits per heavy atom. The van der Waals surface area contributed by atoms with E-state index < -0.39 is 6.10 Å². The second kappa shape index (κ2) is 8.55. The lowest BCUT2D eigenvalue weighted by molar-refractivity contribution is -0.146. The normalized spacial score (nSPS) is 19.9. The van der Waals surface area contributed by atoms with Crippen LogP contribution in [0, 0.1) is 5.82 Å². The first kappa shape index (κ1) is 19.3. The van der Waals surface area contributed by atoms with Gasteiger partial charge in [-0.15, -0.1) is 0 Å². The number of methoxy groups -OCH3 is 1. The van der Waals surface area contributed by atoms with Crippen LogP contribution in [0.15, 0.2) is 18.5 Å². The number of hydrogen-bond donors (Lipinski definition) is 1. The van der Waals surface area contributed by atoms with E-state index in [0.29, 0.717) is 43.9 Å². The number of carbonyl (C=O) groups is 1. The topological polar surface area (TPSA) is 68.6 Å². The molecule has 2 fully saturated rings. The molecule has 1 aliphatic carbocycles. The maximum Gasteiger partial charge on any atom is 0.253 e. The maximum absolute atomic E-state index is 14.7. The molecule has 2 aromatic heterocycles. The highest BCUT2D eigenvalue weighted by Gasteiger charge is 2.37. The highest BCUT2D eigenvalue weighted by atomic mass is 19.1. The van der Waals surface area contributed by atoms with Gasteiger partial charge in [0.2, 0.25) is 0 Å². The number of rotatable bonds is 8. The van der Waals surface area contributed by atoms with E-state index in [9.17, 15) is 9.18 Å². The fourth-order valence-electron chi connectivity index (χ4n) is 3.79. The molecule has 152 valence electrons. The maximum atomic E-state index is 14.7. The predicted molar refractivity (Wildman–Crippen MR) is 102 cm³/mol. The number of halogens is 1. The zero-order valence-electron chi connectivity index (χ0n) is 16.2. The van der Waals surface area contributed by atoms with Crippen LogP contribution in [0.25, 0.3) is 11.0 Å². The molecular formula is C20H27FN4O3. The third-order valence-corrected chi connectivity index (χ3v) is 5.35. The largest absolute Gasteiger partial charge is 0.385 e. The number of carbonyl (C=O) groups excluding carboxylic acids is 1. The molecule has 0 bridgehead atoms. The highest BCUT2D eigenvalue weighted by Crippen LogP contribution is 2.32. The van der Waals surface area contributed by atoms with E-state index in [-0.39, 0.29) is 17.8 Å². The third-order valence-electron chi connectivity index (χ3n) is 5.35. The molecule has 8 heteroatoms. The Morgan fingerprint density at radius 1 is 1.50 bits per heavy atom. The Kier molecular flexibility index (Phi) is 5.89. The number of nitrogens with zero attached hydrogens (tertiary/aromatic N) is 3. The minimum Gasteiger partial charge on any atom is -0.385 e. The van der Waals surface area contributed by atoms with Crippen LogP contribution < -0.4 is 5.32 Å². The SMILES string of the molecule is COCCCn1cc(CN(C(=O)[C@H]2CNCCO2)C2CC2)c2c(F)ccnc21. The number of nitrogens with one attached hydrogen (secondary N) is 1. The summed E-state index contributed by atoms with van der Waals surface area (Å²) in [7, 11) is 1.67. The average Bonchev–Trinajstić information content (AvgIpc) is 3.50. The summed E-state index contributed by atoms with van der Waals surface area (Å²) in [6.07, 6.45) is 5.73. The Hall–Kier alpha value is -2.03. The number of aryl methyl sites for hydroxylation is 1. The molecule has 4 rings (SSSR count). The number of amides is 1. The van der Waals surface area contributed by atoms with Gasteiger partial charge in [0.15, 0.2) is 0 Å². The van der Waals surface area contributed by atoms with Crippen molar-refractivity contribution >= 4 is 16.9 Å². The Morgan fingerprint density at radius 2 is 2.36 bits per heavy atom. The van der Waals surface area contributed by atoms with Crippen molar-refractivity contribution < 1.29 is 18.7 Å². The van der Waals surface area contributed by atoms with Gasteiger partial charge in [-0.1, -0.05) is 0 Å². The van der Waals surface area contributed by atoms with Crippen LogP contribution in [-0.4, -0.2) is 65.9 Å². The van der Waals surface area contributed by atoms with Crippen molar-refractivity contribution in [1.29, 1.82) is 0 Å². The van der Waals surface area contributed by atoms with Gasteiger partial charge in [0.05, 0.1) is 12.0 Å². The summed E-state index contributed by atoms with van der Waals surface area (Å²) < 4.78 is 27.4. The predicted octanol–water partition coefficient (Wildman–Crippen LogP) is 1.69. The Balaban J connectivity index is 1.60. The Labute approximate surface area is 163 Å². The minimum atomic E-state index is -0.465. The number of ether oxygens (including phenoxy) is 2. The summed E-state index contributed by atoms with van der Waals surface area (Å²) >= 11 is 0. The van der Waals surface area contributed by atoms with E-state index in [4.69, 9.17) is 9.47 Å². The van der Waals surface area contributed by atoms with E-state index in [1.54, 1.807) is 7.11 Å². The monoisotopic (exact) mass is 390 g/mol. The molecule has 0 unspecified atom stereocenters. The summed E-state index contributed by atoms with van der Waals surface area (Å²) in [5, 5.41) is 3.71. The Bertz CT molecular complexity index is 830. The van der Waals surface area contributed by atoms with Crippen LogP contribution in [0.2, 0.25) is 0 Å². The van der Waals surface area contributed by atoms with Gasteiger partial charge >= 0.3 is 0 Å². The summed E-state index contributed by atoms with van der Waals surface area (Å²) in [5.41, 5.74) is 1.41. The first-order chi connectivity index (χ1) is 13.7. The van der Waals surface area contributed by atoms with E-state index in [0.717, 1.165) is 31.4 Å². The van der Waals surface area contributed by atoms with Gasteiger partial charge in [0.1, 0.15) is 17.6 Å². The van der Waals surface area contributed by atoms with Gasteiger partial charge in [0.25, 0.3) is 5.91 Å². The van der Waals surface area contributed by atoms with E-state index >= 15 is 0 Å². The summed E-state index contributed by atoms with van der Waals surface area (Å²) in [6, 6.07) is 1.59. The molecule has 2 aromatic rings. The van der Waals surface area contributed by atoms with Crippen molar-refractivity contribution in [3.05, 3.63) is 29.8 Å². The van der Waals surface area contributed by atoms with E-state index in [1.165, 1.54) is 12.3 Å². The molecule has 28 heavy (non-hydrogen) atoms. The smallest absolute Gasteiger partial charge is 0.253 e. The first-order valence-corrected chi connectivity index (χ1v) is 9.93. The van der Waals surface area contributed by atoms with Crippen molar-refractivity contribution in [3.8, 4) is 0 Å². The van der Waals surface area contributed by atoms with Crippen molar-refractivity contribution in [3.63, 3.8) is 0 Å². The molecule has 3 heterocycles. The van der Waals surface area contributed by atoms with Gasteiger partial charge in [-0.2, -0.15) is 0 Å². The molecule has 1 atom stereocenters. The molecule has 0 radical (unpaired) electrons. The molecule has 1 aliphatic heterocycles. The molecule has 1 amide bonds. The molecular weight excluding hydrogens is 363 g/mol. The quantitative estimate of drug-likeness (QED) is 0.695.